The number of nitrogens with zero attached hydrogens (tertiary/aromatic N) is 3. The Balaban J connectivity index is 2.42. The summed E-state index contributed by atoms with van der Waals surface area (Å²) < 4.78 is 1.18. The Morgan fingerprint density at radius 3 is 2.48 bits per heavy atom. The minimum atomic E-state index is -0.902. The van der Waals surface area contributed by atoms with E-state index in [1.165, 1.54) is 4.68 Å². The SMILES string of the molecule is CCc1nn(C[C@@H](O)c2ccc(Cl)cc2)c(=O)c(C#N)c1CC. The highest BCUT2D eigenvalue weighted by Gasteiger charge is 2.17. The third-order valence-electron chi connectivity index (χ3n) is 3.74. The minimum absolute atomic E-state index is 0.00780. The monoisotopic (exact) mass is 331 g/mol. The molecule has 0 aliphatic carbocycles. The van der Waals surface area contributed by atoms with Gasteiger partial charge in [-0.2, -0.15) is 10.4 Å². The minimum Gasteiger partial charge on any atom is -0.386 e. The Morgan fingerprint density at radius 1 is 1.30 bits per heavy atom. The molecule has 1 heterocycles. The molecule has 0 spiro atoms. The molecule has 0 saturated heterocycles. The number of aryl methyl sites for hydroxylation is 1. The fourth-order valence-corrected chi connectivity index (χ4v) is 2.64. The molecule has 2 rings (SSSR count). The van der Waals surface area contributed by atoms with Crippen molar-refractivity contribution in [1.29, 1.82) is 5.26 Å². The van der Waals surface area contributed by atoms with Gasteiger partial charge in [-0.05, 0) is 36.1 Å². The molecule has 2 aromatic rings. The molecule has 0 fully saturated rings. The van der Waals surface area contributed by atoms with E-state index in [4.69, 9.17) is 11.6 Å². The van der Waals surface area contributed by atoms with Crippen molar-refractivity contribution < 1.29 is 5.11 Å². The van der Waals surface area contributed by atoms with Gasteiger partial charge >= 0.3 is 0 Å². The predicted octanol–water partition coefficient (Wildman–Crippen LogP) is 2.63. The first-order valence-corrected chi connectivity index (χ1v) is 7.86. The van der Waals surface area contributed by atoms with E-state index in [1.807, 2.05) is 19.9 Å². The highest BCUT2D eigenvalue weighted by Crippen LogP contribution is 2.18. The van der Waals surface area contributed by atoms with E-state index in [-0.39, 0.29) is 12.1 Å². The normalized spacial score (nSPS) is 12.0. The Kier molecular flexibility index (Phi) is 5.54. The molecule has 0 saturated carbocycles. The van der Waals surface area contributed by atoms with E-state index in [2.05, 4.69) is 5.10 Å². The standard InChI is InChI=1S/C17H18ClN3O2/c1-3-13-14(9-19)17(23)21(20-15(13)4-2)10-16(22)11-5-7-12(18)8-6-11/h5-8,16,22H,3-4,10H2,1-2H3/t16-/m1/s1. The lowest BCUT2D eigenvalue weighted by Crippen LogP contribution is -2.30. The van der Waals surface area contributed by atoms with Crippen LogP contribution in [0.2, 0.25) is 5.02 Å². The molecule has 5 nitrogen and oxygen atoms in total. The summed E-state index contributed by atoms with van der Waals surface area (Å²) in [5, 5.41) is 24.5. The molecule has 23 heavy (non-hydrogen) atoms. The van der Waals surface area contributed by atoms with Crippen LogP contribution in [0.5, 0.6) is 0 Å². The van der Waals surface area contributed by atoms with Crippen LogP contribution in [0, 0.1) is 11.3 Å². The molecule has 1 aromatic carbocycles. The van der Waals surface area contributed by atoms with Gasteiger partial charge in [-0.15, -0.1) is 0 Å². The maximum atomic E-state index is 12.4. The fraction of sp³-hybridized carbons (Fsp3) is 0.353. The third-order valence-corrected chi connectivity index (χ3v) is 3.99. The van der Waals surface area contributed by atoms with Crippen LogP contribution in [0.15, 0.2) is 29.1 Å². The van der Waals surface area contributed by atoms with Crippen molar-refractivity contribution in [2.75, 3.05) is 0 Å². The summed E-state index contributed by atoms with van der Waals surface area (Å²) in [5.74, 6) is 0. The molecule has 1 aromatic heterocycles. The molecule has 0 aliphatic rings. The number of aromatic nitrogens is 2. The van der Waals surface area contributed by atoms with E-state index < -0.39 is 11.7 Å². The Hall–Kier alpha value is -2.16. The van der Waals surface area contributed by atoms with Crippen LogP contribution < -0.4 is 5.56 Å². The number of benzene rings is 1. The highest BCUT2D eigenvalue weighted by molar-refractivity contribution is 6.30. The zero-order valence-corrected chi connectivity index (χ0v) is 13.8. The summed E-state index contributed by atoms with van der Waals surface area (Å²) in [7, 11) is 0. The number of aliphatic hydroxyl groups excluding tert-OH is 1. The zero-order valence-electron chi connectivity index (χ0n) is 13.1. The quantitative estimate of drug-likeness (QED) is 0.913. The summed E-state index contributed by atoms with van der Waals surface area (Å²) in [4.78, 5) is 12.4. The lowest BCUT2D eigenvalue weighted by atomic mass is 10.0. The molecular weight excluding hydrogens is 314 g/mol. The smallest absolute Gasteiger partial charge is 0.285 e. The van der Waals surface area contributed by atoms with Crippen LogP contribution in [-0.4, -0.2) is 14.9 Å². The predicted molar refractivity (Wildman–Crippen MR) is 88.4 cm³/mol. The van der Waals surface area contributed by atoms with E-state index >= 15 is 0 Å². The lowest BCUT2D eigenvalue weighted by molar-refractivity contribution is 0.149. The van der Waals surface area contributed by atoms with Crippen molar-refractivity contribution in [3.8, 4) is 6.07 Å². The van der Waals surface area contributed by atoms with Gasteiger partial charge in [-0.3, -0.25) is 4.79 Å². The van der Waals surface area contributed by atoms with Crippen LogP contribution >= 0.6 is 11.6 Å². The molecule has 1 N–H and O–H groups in total. The zero-order chi connectivity index (χ0) is 17.0. The van der Waals surface area contributed by atoms with E-state index in [1.54, 1.807) is 24.3 Å². The number of aliphatic hydroxyl groups is 1. The van der Waals surface area contributed by atoms with Crippen molar-refractivity contribution >= 4 is 11.6 Å². The molecular formula is C17H18ClN3O2. The molecule has 0 unspecified atom stereocenters. The third kappa shape index (κ3) is 3.61. The van der Waals surface area contributed by atoms with Crippen molar-refractivity contribution in [2.24, 2.45) is 0 Å². The second kappa shape index (κ2) is 7.40. The average molecular weight is 332 g/mol. The van der Waals surface area contributed by atoms with Gasteiger partial charge in [0, 0.05) is 5.02 Å². The van der Waals surface area contributed by atoms with Gasteiger partial charge in [0.05, 0.1) is 18.3 Å². The van der Waals surface area contributed by atoms with Gasteiger partial charge in [0.2, 0.25) is 0 Å². The van der Waals surface area contributed by atoms with E-state index in [0.717, 1.165) is 0 Å². The Bertz CT molecular complexity index is 791. The molecule has 6 heteroatoms. The number of hydrogen-bond acceptors (Lipinski definition) is 4. The highest BCUT2D eigenvalue weighted by atomic mass is 35.5. The Labute approximate surface area is 139 Å². The second-order valence-corrected chi connectivity index (χ2v) is 5.61. The summed E-state index contributed by atoms with van der Waals surface area (Å²) in [5.41, 5.74) is 1.70. The second-order valence-electron chi connectivity index (χ2n) is 5.17. The molecule has 0 radical (unpaired) electrons. The molecule has 0 amide bonds. The molecule has 0 aliphatic heterocycles. The van der Waals surface area contributed by atoms with Gasteiger partial charge < -0.3 is 5.11 Å². The summed E-state index contributed by atoms with van der Waals surface area (Å²) in [6.45, 7) is 3.81. The number of nitriles is 1. The van der Waals surface area contributed by atoms with Crippen molar-refractivity contribution in [3.05, 3.63) is 62.0 Å². The number of rotatable bonds is 5. The lowest BCUT2D eigenvalue weighted by Gasteiger charge is -2.15. The van der Waals surface area contributed by atoms with Crippen molar-refractivity contribution in [2.45, 2.75) is 39.3 Å². The van der Waals surface area contributed by atoms with Crippen LogP contribution in [-0.2, 0) is 19.4 Å². The topological polar surface area (TPSA) is 78.9 Å². The summed E-state index contributed by atoms with van der Waals surface area (Å²) in [6, 6.07) is 8.73. The van der Waals surface area contributed by atoms with Gasteiger partial charge in [-0.1, -0.05) is 37.6 Å². The van der Waals surface area contributed by atoms with Gasteiger partial charge in [0.1, 0.15) is 11.6 Å². The summed E-state index contributed by atoms with van der Waals surface area (Å²) >= 11 is 5.83. The number of halogens is 1. The maximum Gasteiger partial charge on any atom is 0.285 e. The van der Waals surface area contributed by atoms with Gasteiger partial charge in [-0.25, -0.2) is 4.68 Å². The van der Waals surface area contributed by atoms with Crippen molar-refractivity contribution in [3.63, 3.8) is 0 Å². The first kappa shape index (κ1) is 17.2. The van der Waals surface area contributed by atoms with Crippen LogP contribution in [0.25, 0.3) is 0 Å². The van der Waals surface area contributed by atoms with Gasteiger partial charge in [0.25, 0.3) is 5.56 Å². The van der Waals surface area contributed by atoms with E-state index in [9.17, 15) is 15.2 Å². The van der Waals surface area contributed by atoms with Crippen molar-refractivity contribution in [1.82, 2.24) is 9.78 Å². The van der Waals surface area contributed by atoms with Crippen LogP contribution in [0.3, 0.4) is 0 Å². The molecule has 1 atom stereocenters. The van der Waals surface area contributed by atoms with E-state index in [0.29, 0.717) is 34.7 Å². The largest absolute Gasteiger partial charge is 0.386 e. The van der Waals surface area contributed by atoms with Crippen LogP contribution in [0.1, 0.15) is 42.3 Å². The average Bonchev–Trinajstić information content (AvgIpc) is 2.56. The van der Waals surface area contributed by atoms with Gasteiger partial charge in [0.15, 0.2) is 0 Å². The summed E-state index contributed by atoms with van der Waals surface area (Å²) in [6.07, 6.45) is 0.297. The first-order chi connectivity index (χ1) is 11.0. The maximum absolute atomic E-state index is 12.4. The fourth-order valence-electron chi connectivity index (χ4n) is 2.51. The first-order valence-electron chi connectivity index (χ1n) is 7.48. The van der Waals surface area contributed by atoms with Crippen LogP contribution in [0.4, 0.5) is 0 Å². The molecule has 120 valence electrons. The number of hydrogen-bond donors (Lipinski definition) is 1. The molecule has 0 bridgehead atoms. The Morgan fingerprint density at radius 2 is 1.96 bits per heavy atom.